The molecular weight excluding hydrogens is 328 g/mol. The van der Waals surface area contributed by atoms with Gasteiger partial charge in [-0.2, -0.15) is 0 Å². The van der Waals surface area contributed by atoms with E-state index in [1.165, 1.54) is 51.1 Å². The van der Waals surface area contributed by atoms with Crippen LogP contribution in [0.1, 0.15) is 0 Å². The molecule has 0 unspecified atom stereocenters. The molecule has 0 aliphatic rings. The summed E-state index contributed by atoms with van der Waals surface area (Å²) in [6.07, 6.45) is 0. The van der Waals surface area contributed by atoms with Gasteiger partial charge in [0.15, 0.2) is 0 Å². The minimum atomic E-state index is 1.33. The predicted octanol–water partition coefficient (Wildman–Crippen LogP) is 7.58. The maximum Gasteiger partial charge on any atom is 0.0542 e. The molecule has 2 heteroatoms. The van der Waals surface area contributed by atoms with Crippen molar-refractivity contribution in [3.05, 3.63) is 72.8 Å². The molecular formula is C22H12S2. The molecule has 24 heavy (non-hydrogen) atoms. The first kappa shape index (κ1) is 12.9. The fourth-order valence-corrected chi connectivity index (χ4v) is 6.47. The number of rotatable bonds is 0. The van der Waals surface area contributed by atoms with Crippen molar-refractivity contribution in [1.82, 2.24) is 0 Å². The summed E-state index contributed by atoms with van der Waals surface area (Å²) in [5.74, 6) is 0. The SMILES string of the molecule is c1ccc2cc3c(cc2c1)sc1c2ccc4ccccc4c2sc31. The molecule has 0 fully saturated rings. The fourth-order valence-electron chi connectivity index (χ4n) is 3.67. The molecule has 0 spiro atoms. The smallest absolute Gasteiger partial charge is 0.0542 e. The van der Waals surface area contributed by atoms with E-state index in [1.54, 1.807) is 0 Å². The van der Waals surface area contributed by atoms with Gasteiger partial charge in [-0.25, -0.2) is 0 Å². The highest BCUT2D eigenvalue weighted by Crippen LogP contribution is 2.46. The van der Waals surface area contributed by atoms with Crippen molar-refractivity contribution < 1.29 is 0 Å². The molecule has 0 bridgehead atoms. The second kappa shape index (κ2) is 4.56. The Morgan fingerprint density at radius 2 is 1.17 bits per heavy atom. The maximum atomic E-state index is 2.36. The molecule has 4 aromatic carbocycles. The second-order valence-corrected chi connectivity index (χ2v) is 8.29. The summed E-state index contributed by atoms with van der Waals surface area (Å²) in [4.78, 5) is 0. The van der Waals surface area contributed by atoms with Crippen molar-refractivity contribution in [3.63, 3.8) is 0 Å². The first-order valence-electron chi connectivity index (χ1n) is 8.04. The molecule has 0 atom stereocenters. The maximum absolute atomic E-state index is 2.36. The zero-order chi connectivity index (χ0) is 15.7. The lowest BCUT2D eigenvalue weighted by Crippen LogP contribution is -1.71. The first-order chi connectivity index (χ1) is 11.9. The van der Waals surface area contributed by atoms with Gasteiger partial charge in [-0.1, -0.05) is 60.7 Å². The number of thiophene rings is 2. The molecule has 0 radical (unpaired) electrons. The van der Waals surface area contributed by atoms with Gasteiger partial charge >= 0.3 is 0 Å². The van der Waals surface area contributed by atoms with E-state index in [0.717, 1.165) is 0 Å². The number of hydrogen-bond donors (Lipinski definition) is 0. The summed E-state index contributed by atoms with van der Waals surface area (Å²) in [6.45, 7) is 0. The first-order valence-corrected chi connectivity index (χ1v) is 9.67. The lowest BCUT2D eigenvalue weighted by atomic mass is 10.1. The summed E-state index contributed by atoms with van der Waals surface area (Å²) in [7, 11) is 0. The van der Waals surface area contributed by atoms with Crippen LogP contribution in [0.3, 0.4) is 0 Å². The van der Waals surface area contributed by atoms with Crippen LogP contribution in [-0.4, -0.2) is 0 Å². The highest BCUT2D eigenvalue weighted by atomic mass is 32.1. The van der Waals surface area contributed by atoms with Crippen molar-refractivity contribution in [1.29, 1.82) is 0 Å². The molecule has 0 amide bonds. The monoisotopic (exact) mass is 340 g/mol. The van der Waals surface area contributed by atoms with E-state index in [2.05, 4.69) is 72.8 Å². The predicted molar refractivity (Wildman–Crippen MR) is 110 cm³/mol. The largest absolute Gasteiger partial charge is 0.134 e. The Bertz CT molecular complexity index is 1390. The normalized spacial score (nSPS) is 12.2. The highest BCUT2D eigenvalue weighted by Gasteiger charge is 2.14. The van der Waals surface area contributed by atoms with E-state index < -0.39 is 0 Å². The summed E-state index contributed by atoms with van der Waals surface area (Å²) in [5, 5.41) is 8.16. The summed E-state index contributed by atoms with van der Waals surface area (Å²) in [5.41, 5.74) is 0. The summed E-state index contributed by atoms with van der Waals surface area (Å²) >= 11 is 3.88. The van der Waals surface area contributed by atoms with Gasteiger partial charge in [0.25, 0.3) is 0 Å². The molecule has 112 valence electrons. The Morgan fingerprint density at radius 1 is 0.458 bits per heavy atom. The van der Waals surface area contributed by atoms with E-state index in [0.29, 0.717) is 0 Å². The van der Waals surface area contributed by atoms with E-state index in [9.17, 15) is 0 Å². The number of hydrogen-bond acceptors (Lipinski definition) is 2. The van der Waals surface area contributed by atoms with Gasteiger partial charge in [0, 0.05) is 20.2 Å². The van der Waals surface area contributed by atoms with Gasteiger partial charge in [-0.05, 0) is 33.7 Å². The minimum absolute atomic E-state index is 1.33. The van der Waals surface area contributed by atoms with Crippen LogP contribution in [0.15, 0.2) is 72.8 Å². The molecule has 0 nitrogen and oxygen atoms in total. The van der Waals surface area contributed by atoms with Crippen LogP contribution in [0.25, 0.3) is 51.1 Å². The zero-order valence-electron chi connectivity index (χ0n) is 12.7. The van der Waals surface area contributed by atoms with Gasteiger partial charge in [-0.15, -0.1) is 22.7 Å². The van der Waals surface area contributed by atoms with Gasteiger partial charge in [-0.3, -0.25) is 0 Å². The molecule has 0 aliphatic carbocycles. The lowest BCUT2D eigenvalue weighted by molar-refractivity contribution is 1.82. The van der Waals surface area contributed by atoms with Crippen molar-refractivity contribution in [2.24, 2.45) is 0 Å². The van der Waals surface area contributed by atoms with E-state index in [4.69, 9.17) is 0 Å². The summed E-state index contributed by atoms with van der Waals surface area (Å²) < 4.78 is 5.69. The second-order valence-electron chi connectivity index (χ2n) is 6.22. The molecule has 0 aliphatic heterocycles. The molecule has 2 heterocycles. The highest BCUT2D eigenvalue weighted by molar-refractivity contribution is 7.37. The van der Waals surface area contributed by atoms with Crippen molar-refractivity contribution in [3.8, 4) is 0 Å². The van der Waals surface area contributed by atoms with Crippen LogP contribution in [0.2, 0.25) is 0 Å². The average Bonchev–Trinajstić information content (AvgIpc) is 3.16. The number of benzene rings is 4. The van der Waals surface area contributed by atoms with Crippen LogP contribution in [-0.2, 0) is 0 Å². The van der Waals surface area contributed by atoms with Gasteiger partial charge in [0.2, 0.25) is 0 Å². The Hall–Kier alpha value is -2.42. The quantitative estimate of drug-likeness (QED) is 0.267. The van der Waals surface area contributed by atoms with Gasteiger partial charge < -0.3 is 0 Å². The standard InChI is InChI=1S/C22H12S2/c1-2-7-15-12-19-18(11-14(15)6-1)22-21(23-19)17-10-9-13-5-3-4-8-16(13)20(17)24-22/h1-12H. The molecule has 6 rings (SSSR count). The van der Waals surface area contributed by atoms with E-state index in [1.807, 2.05) is 22.7 Å². The Morgan fingerprint density at radius 3 is 2.04 bits per heavy atom. The minimum Gasteiger partial charge on any atom is -0.134 e. The van der Waals surface area contributed by atoms with E-state index in [-0.39, 0.29) is 0 Å². The lowest BCUT2D eigenvalue weighted by Gasteiger charge is -1.99. The molecule has 6 aromatic rings. The molecule has 0 saturated heterocycles. The zero-order valence-corrected chi connectivity index (χ0v) is 14.4. The third kappa shape index (κ3) is 1.62. The van der Waals surface area contributed by atoms with Crippen LogP contribution < -0.4 is 0 Å². The Labute approximate surface area is 146 Å². The molecule has 0 saturated carbocycles. The topological polar surface area (TPSA) is 0 Å². The van der Waals surface area contributed by atoms with Gasteiger partial charge in [0.1, 0.15) is 0 Å². The fraction of sp³-hybridized carbons (Fsp3) is 0. The average molecular weight is 340 g/mol. The molecule has 2 aromatic heterocycles. The Balaban J connectivity index is 1.84. The van der Waals surface area contributed by atoms with Crippen molar-refractivity contribution in [2.45, 2.75) is 0 Å². The summed E-state index contributed by atoms with van der Waals surface area (Å²) in [6, 6.07) is 26.6. The number of fused-ring (bicyclic) bond motifs is 8. The van der Waals surface area contributed by atoms with Crippen LogP contribution in [0, 0.1) is 0 Å². The molecule has 0 N–H and O–H groups in total. The van der Waals surface area contributed by atoms with Crippen LogP contribution in [0.4, 0.5) is 0 Å². The Kier molecular flexibility index (Phi) is 2.46. The van der Waals surface area contributed by atoms with Crippen LogP contribution in [0.5, 0.6) is 0 Å². The van der Waals surface area contributed by atoms with Crippen LogP contribution >= 0.6 is 22.7 Å². The van der Waals surface area contributed by atoms with Crippen molar-refractivity contribution >= 4 is 73.8 Å². The van der Waals surface area contributed by atoms with E-state index >= 15 is 0 Å². The van der Waals surface area contributed by atoms with Crippen molar-refractivity contribution in [2.75, 3.05) is 0 Å². The third-order valence-corrected chi connectivity index (χ3v) is 7.43. The third-order valence-electron chi connectivity index (χ3n) is 4.84. The van der Waals surface area contributed by atoms with Gasteiger partial charge in [0.05, 0.1) is 9.40 Å².